The first-order chi connectivity index (χ1) is 28.0. The van der Waals surface area contributed by atoms with Crippen molar-refractivity contribution in [2.75, 3.05) is 78.4 Å². The van der Waals surface area contributed by atoms with Crippen molar-refractivity contribution in [3.63, 3.8) is 0 Å². The number of thioether (sulfide) groups is 2. The van der Waals surface area contributed by atoms with Crippen molar-refractivity contribution in [1.29, 1.82) is 0 Å². The SMILES string of the molecule is COc1ccc([C@@H]2Sc3ccccc3N(CCN(C)C)C(=O)[C@@H]2OC(=O)C=CC(=O)O[C@H]2C(=O)N(CCN(C)C)c3ccccc3S[C@H]2c2ccc(OC)cc2)cc1. The van der Waals surface area contributed by atoms with Gasteiger partial charge in [-0.25, -0.2) is 9.59 Å². The van der Waals surface area contributed by atoms with Gasteiger partial charge in [-0.05, 0) is 87.8 Å². The third kappa shape index (κ3) is 10.0. The smallest absolute Gasteiger partial charge is 0.331 e. The largest absolute Gasteiger partial charge is 0.497 e. The van der Waals surface area contributed by atoms with E-state index in [-0.39, 0.29) is 0 Å². The molecule has 0 saturated heterocycles. The minimum atomic E-state index is -1.26. The maximum atomic E-state index is 14.5. The van der Waals surface area contributed by atoms with Gasteiger partial charge in [0.25, 0.3) is 11.8 Å². The maximum absolute atomic E-state index is 14.5. The Morgan fingerprint density at radius 1 is 0.586 bits per heavy atom. The molecule has 0 aliphatic carbocycles. The number of carbonyl (C=O) groups excluding carboxylic acids is 4. The van der Waals surface area contributed by atoms with Gasteiger partial charge in [-0.3, -0.25) is 9.59 Å². The molecular weight excluding hydrogens is 777 g/mol. The van der Waals surface area contributed by atoms with E-state index in [2.05, 4.69) is 0 Å². The molecular formula is C44H48N4O8S2. The molecule has 4 atom stereocenters. The zero-order valence-corrected chi connectivity index (χ0v) is 35.0. The number of hydrogen-bond acceptors (Lipinski definition) is 12. The summed E-state index contributed by atoms with van der Waals surface area (Å²) in [5, 5.41) is -1.26. The van der Waals surface area contributed by atoms with Gasteiger partial charge in [0.1, 0.15) is 11.5 Å². The number of fused-ring (bicyclic) bond motifs is 2. The summed E-state index contributed by atoms with van der Waals surface area (Å²) in [6.45, 7) is 1.84. The zero-order valence-electron chi connectivity index (χ0n) is 33.4. The lowest BCUT2D eigenvalue weighted by molar-refractivity contribution is -0.152. The van der Waals surface area contributed by atoms with Crippen LogP contribution in [0.5, 0.6) is 11.5 Å². The van der Waals surface area contributed by atoms with Crippen LogP contribution in [0.2, 0.25) is 0 Å². The number of methoxy groups -OCH3 is 2. The molecule has 12 nitrogen and oxygen atoms in total. The van der Waals surface area contributed by atoms with E-state index in [0.29, 0.717) is 37.7 Å². The third-order valence-corrected chi connectivity index (χ3v) is 12.4. The standard InChI is InChI=1S/C44H48N4O8S2/c1-45(2)25-27-47-33-11-7-9-13-35(33)57-41(29-15-19-31(53-5)20-16-29)39(43(47)51)55-37(49)23-24-38(50)56-40-42(30-17-21-32(54-6)22-18-30)58-36-14-10-8-12-34(36)48(44(40)52)28-26-46(3)4/h7-24,39-42H,25-28H2,1-6H3/t39-,40-,41+,42+/m1/s1. The summed E-state index contributed by atoms with van der Waals surface area (Å²) in [5.74, 6) is -1.35. The highest BCUT2D eigenvalue weighted by Gasteiger charge is 2.42. The van der Waals surface area contributed by atoms with Gasteiger partial charge in [0.15, 0.2) is 12.2 Å². The average molecular weight is 825 g/mol. The van der Waals surface area contributed by atoms with Gasteiger partial charge in [0.2, 0.25) is 0 Å². The zero-order chi connectivity index (χ0) is 41.3. The minimum absolute atomic E-state index is 0.354. The Morgan fingerprint density at radius 3 is 1.29 bits per heavy atom. The summed E-state index contributed by atoms with van der Waals surface area (Å²) < 4.78 is 22.7. The Hall–Kier alpha value is -5.28. The number of rotatable bonds is 14. The van der Waals surface area contributed by atoms with Crippen LogP contribution in [0.15, 0.2) is 119 Å². The van der Waals surface area contributed by atoms with Crippen LogP contribution < -0.4 is 19.3 Å². The number of hydrogen-bond donors (Lipinski definition) is 0. The molecule has 0 N–H and O–H groups in total. The molecule has 2 aliphatic heterocycles. The highest BCUT2D eigenvalue weighted by atomic mass is 32.2. The van der Waals surface area contributed by atoms with Crippen LogP contribution in [-0.2, 0) is 28.7 Å². The van der Waals surface area contributed by atoms with E-state index in [1.54, 1.807) is 48.3 Å². The first kappa shape index (κ1) is 42.3. The molecule has 6 rings (SSSR count). The normalized spacial score (nSPS) is 19.4. The minimum Gasteiger partial charge on any atom is -0.497 e. The molecule has 0 aromatic heterocycles. The number of amides is 2. The molecule has 2 aliphatic rings. The quantitative estimate of drug-likeness (QED) is 0.105. The van der Waals surface area contributed by atoms with Crippen molar-refractivity contribution in [1.82, 2.24) is 9.80 Å². The molecule has 0 saturated carbocycles. The van der Waals surface area contributed by atoms with E-state index in [0.717, 1.165) is 44.4 Å². The van der Waals surface area contributed by atoms with Crippen LogP contribution in [-0.4, -0.2) is 114 Å². The van der Waals surface area contributed by atoms with Gasteiger partial charge in [-0.15, -0.1) is 23.5 Å². The van der Waals surface area contributed by atoms with E-state index in [9.17, 15) is 19.2 Å². The predicted molar refractivity (Wildman–Crippen MR) is 227 cm³/mol. The maximum Gasteiger partial charge on any atom is 0.331 e. The Labute approximate surface area is 348 Å². The number of ether oxygens (including phenoxy) is 4. The fourth-order valence-electron chi connectivity index (χ4n) is 6.58. The molecule has 58 heavy (non-hydrogen) atoms. The molecule has 2 amide bonds. The van der Waals surface area contributed by atoms with Gasteiger partial charge in [0.05, 0.1) is 36.1 Å². The first-order valence-electron chi connectivity index (χ1n) is 18.8. The van der Waals surface area contributed by atoms with E-state index in [1.807, 2.05) is 111 Å². The second kappa shape index (κ2) is 19.4. The summed E-state index contributed by atoms with van der Waals surface area (Å²) in [7, 11) is 10.8. The van der Waals surface area contributed by atoms with Crippen molar-refractivity contribution in [3.05, 3.63) is 120 Å². The Morgan fingerprint density at radius 2 is 0.948 bits per heavy atom. The monoisotopic (exact) mass is 824 g/mol. The van der Waals surface area contributed by atoms with Crippen LogP contribution in [0.25, 0.3) is 0 Å². The van der Waals surface area contributed by atoms with Crippen LogP contribution in [0.3, 0.4) is 0 Å². The molecule has 14 heteroatoms. The average Bonchev–Trinajstić information content (AvgIpc) is 3.41. The van der Waals surface area contributed by atoms with Crippen LogP contribution >= 0.6 is 23.5 Å². The number of para-hydroxylation sites is 2. The summed E-state index contributed by atoms with van der Waals surface area (Å²) in [5.41, 5.74) is 2.93. The van der Waals surface area contributed by atoms with Crippen LogP contribution in [0.1, 0.15) is 21.6 Å². The number of carbonyl (C=O) groups is 4. The second-order valence-electron chi connectivity index (χ2n) is 14.2. The molecule has 0 bridgehead atoms. The fraction of sp³-hybridized carbons (Fsp3) is 0.318. The van der Waals surface area contributed by atoms with E-state index in [4.69, 9.17) is 18.9 Å². The first-order valence-corrected chi connectivity index (χ1v) is 20.5. The summed E-state index contributed by atoms with van der Waals surface area (Å²) >= 11 is 2.84. The van der Waals surface area contributed by atoms with Crippen molar-refractivity contribution >= 4 is 58.7 Å². The van der Waals surface area contributed by atoms with Gasteiger partial charge in [0, 0.05) is 48.1 Å². The summed E-state index contributed by atoms with van der Waals surface area (Å²) in [6.07, 6.45) is -0.626. The van der Waals surface area contributed by atoms with Crippen LogP contribution in [0, 0.1) is 0 Å². The molecule has 4 aromatic rings. The van der Waals surface area contributed by atoms with Crippen molar-refractivity contribution < 1.29 is 38.1 Å². The lowest BCUT2D eigenvalue weighted by Crippen LogP contribution is -2.45. The lowest BCUT2D eigenvalue weighted by atomic mass is 10.1. The molecule has 304 valence electrons. The molecule has 0 unspecified atom stereocenters. The fourth-order valence-corrected chi connectivity index (χ4v) is 9.22. The van der Waals surface area contributed by atoms with E-state index >= 15 is 0 Å². The van der Waals surface area contributed by atoms with Crippen molar-refractivity contribution in [3.8, 4) is 11.5 Å². The van der Waals surface area contributed by atoms with Gasteiger partial charge in [-0.2, -0.15) is 0 Å². The number of benzene rings is 4. The number of anilines is 2. The van der Waals surface area contributed by atoms with E-state index in [1.165, 1.54) is 23.5 Å². The van der Waals surface area contributed by atoms with Gasteiger partial charge in [-0.1, -0.05) is 48.5 Å². The summed E-state index contributed by atoms with van der Waals surface area (Å²) in [6, 6.07) is 29.8. The van der Waals surface area contributed by atoms with E-state index < -0.39 is 46.5 Å². The van der Waals surface area contributed by atoms with Crippen molar-refractivity contribution in [2.24, 2.45) is 0 Å². The van der Waals surface area contributed by atoms with Crippen molar-refractivity contribution in [2.45, 2.75) is 32.5 Å². The predicted octanol–water partition coefficient (Wildman–Crippen LogP) is 6.27. The number of nitrogens with zero attached hydrogens (tertiary/aromatic N) is 4. The highest BCUT2D eigenvalue weighted by molar-refractivity contribution is 8.00. The number of esters is 2. The molecule has 0 spiro atoms. The summed E-state index contributed by atoms with van der Waals surface area (Å²) in [4.78, 5) is 65.3. The highest BCUT2D eigenvalue weighted by Crippen LogP contribution is 2.48. The molecule has 4 aromatic carbocycles. The molecule has 0 radical (unpaired) electrons. The molecule has 2 heterocycles. The Balaban J connectivity index is 1.28. The van der Waals surface area contributed by atoms with Gasteiger partial charge < -0.3 is 38.5 Å². The van der Waals surface area contributed by atoms with Gasteiger partial charge >= 0.3 is 11.9 Å². The topological polar surface area (TPSA) is 118 Å². The second-order valence-corrected chi connectivity index (χ2v) is 16.6. The Bertz CT molecular complexity index is 1960. The lowest BCUT2D eigenvalue weighted by Gasteiger charge is -2.28. The Kier molecular flexibility index (Phi) is 14.2. The number of likely N-dealkylation sites (N-methyl/N-ethyl adjacent to an activating group) is 2. The third-order valence-electron chi connectivity index (χ3n) is 9.66. The van der Waals surface area contributed by atoms with Crippen LogP contribution in [0.4, 0.5) is 11.4 Å². The molecule has 0 fully saturated rings.